The number of amides is 2. The number of nitrogens with zero attached hydrogens (tertiary/aromatic N) is 1. The average Bonchev–Trinajstić information content (AvgIpc) is 3.31. The van der Waals surface area contributed by atoms with Crippen LogP contribution in [0, 0.1) is 6.92 Å². The molecule has 12 heteroatoms. The highest BCUT2D eigenvalue weighted by Gasteiger charge is 2.26. The van der Waals surface area contributed by atoms with Gasteiger partial charge in [0.2, 0.25) is 0 Å². The van der Waals surface area contributed by atoms with Gasteiger partial charge in [-0.15, -0.1) is 11.3 Å². The summed E-state index contributed by atoms with van der Waals surface area (Å²) >= 11 is 0.913. The van der Waals surface area contributed by atoms with Gasteiger partial charge in [-0.25, -0.2) is 9.59 Å². The molecule has 0 saturated carbocycles. The standard InChI is InChI=1S/C22H23N3O8S/c1-4-31-21(29)17-12(2)18(19(28)23-3)34-20(17)24-15(26)11-32-16(27)9-10-25-13-7-5-6-8-14(13)33-22(25)30/h5-8H,4,9-11H2,1-3H3,(H,23,28)(H,24,26). The molecule has 2 amide bonds. The normalized spacial score (nSPS) is 10.7. The van der Waals surface area contributed by atoms with E-state index in [-0.39, 0.29) is 35.0 Å². The highest BCUT2D eigenvalue weighted by molar-refractivity contribution is 7.18. The molecule has 0 aliphatic rings. The second kappa shape index (κ2) is 10.8. The fourth-order valence-corrected chi connectivity index (χ4v) is 4.35. The Morgan fingerprint density at radius 3 is 2.59 bits per heavy atom. The Bertz CT molecular complexity index is 1300. The van der Waals surface area contributed by atoms with Gasteiger partial charge in [-0.1, -0.05) is 12.1 Å². The summed E-state index contributed by atoms with van der Waals surface area (Å²) in [6.45, 7) is 2.72. The van der Waals surface area contributed by atoms with Gasteiger partial charge in [0.25, 0.3) is 11.8 Å². The first-order chi connectivity index (χ1) is 16.3. The highest BCUT2D eigenvalue weighted by atomic mass is 32.1. The van der Waals surface area contributed by atoms with Gasteiger partial charge >= 0.3 is 17.7 Å². The number of hydrogen-bond donors (Lipinski definition) is 2. The smallest absolute Gasteiger partial charge is 0.419 e. The van der Waals surface area contributed by atoms with Crippen molar-refractivity contribution < 1.29 is 33.1 Å². The maximum absolute atomic E-state index is 12.4. The summed E-state index contributed by atoms with van der Waals surface area (Å²) in [5.41, 5.74) is 1.38. The van der Waals surface area contributed by atoms with Crippen molar-refractivity contribution in [2.75, 3.05) is 25.6 Å². The maximum atomic E-state index is 12.4. The molecule has 0 atom stereocenters. The second-order valence-electron chi connectivity index (χ2n) is 7.01. The molecular weight excluding hydrogens is 466 g/mol. The Morgan fingerprint density at radius 2 is 1.88 bits per heavy atom. The van der Waals surface area contributed by atoms with Crippen LogP contribution in [0.2, 0.25) is 0 Å². The minimum atomic E-state index is -0.702. The number of anilines is 1. The predicted octanol–water partition coefficient (Wildman–Crippen LogP) is 2.07. The van der Waals surface area contributed by atoms with Crippen molar-refractivity contribution in [2.45, 2.75) is 26.8 Å². The highest BCUT2D eigenvalue weighted by Crippen LogP contribution is 2.33. The third-order valence-corrected chi connectivity index (χ3v) is 6.00. The fraction of sp³-hybridized carbons (Fsp3) is 0.318. The third kappa shape index (κ3) is 5.34. The number of carbonyl (C=O) groups is 4. The van der Waals surface area contributed by atoms with E-state index in [9.17, 15) is 24.0 Å². The number of hydrogen-bond acceptors (Lipinski definition) is 9. The molecule has 0 aliphatic carbocycles. The summed E-state index contributed by atoms with van der Waals surface area (Å²) in [5, 5.41) is 5.09. The molecular formula is C22H23N3O8S. The van der Waals surface area contributed by atoms with Crippen LogP contribution in [0.25, 0.3) is 11.1 Å². The van der Waals surface area contributed by atoms with Gasteiger partial charge < -0.3 is 24.5 Å². The van der Waals surface area contributed by atoms with Crippen LogP contribution in [0.15, 0.2) is 33.5 Å². The van der Waals surface area contributed by atoms with Crippen LogP contribution in [0.5, 0.6) is 0 Å². The number of benzene rings is 1. The molecule has 0 aliphatic heterocycles. The lowest BCUT2D eigenvalue weighted by molar-refractivity contribution is -0.147. The largest absolute Gasteiger partial charge is 0.462 e. The van der Waals surface area contributed by atoms with Crippen LogP contribution in [0.1, 0.15) is 38.9 Å². The maximum Gasteiger partial charge on any atom is 0.419 e. The first kappa shape index (κ1) is 24.7. The van der Waals surface area contributed by atoms with E-state index in [2.05, 4.69) is 10.6 Å². The lowest BCUT2D eigenvalue weighted by atomic mass is 10.1. The van der Waals surface area contributed by atoms with Crippen molar-refractivity contribution in [3.63, 3.8) is 0 Å². The molecule has 11 nitrogen and oxygen atoms in total. The Balaban J connectivity index is 1.62. The van der Waals surface area contributed by atoms with E-state index in [0.29, 0.717) is 16.7 Å². The van der Waals surface area contributed by atoms with Crippen LogP contribution in [0.4, 0.5) is 5.00 Å². The van der Waals surface area contributed by atoms with Crippen molar-refractivity contribution in [1.82, 2.24) is 9.88 Å². The fourth-order valence-electron chi connectivity index (χ4n) is 3.19. The zero-order valence-electron chi connectivity index (χ0n) is 18.8. The van der Waals surface area contributed by atoms with E-state index in [0.717, 1.165) is 11.3 Å². The number of ether oxygens (including phenoxy) is 2. The van der Waals surface area contributed by atoms with Crippen molar-refractivity contribution >= 4 is 51.2 Å². The second-order valence-corrected chi connectivity index (χ2v) is 8.03. The number of esters is 2. The molecule has 0 saturated heterocycles. The first-order valence-electron chi connectivity index (χ1n) is 10.3. The van der Waals surface area contributed by atoms with Crippen LogP contribution in [-0.2, 0) is 25.6 Å². The molecule has 3 rings (SSSR count). The molecule has 0 bridgehead atoms. The minimum absolute atomic E-state index is 0.0168. The minimum Gasteiger partial charge on any atom is -0.462 e. The molecule has 180 valence electrons. The lowest BCUT2D eigenvalue weighted by Crippen LogP contribution is -2.23. The van der Waals surface area contributed by atoms with E-state index < -0.39 is 36.1 Å². The number of rotatable bonds is 9. The molecule has 2 aromatic heterocycles. The molecule has 1 aromatic carbocycles. The Hall–Kier alpha value is -3.93. The number of nitrogens with one attached hydrogen (secondary N) is 2. The first-order valence-corrected chi connectivity index (χ1v) is 11.1. The summed E-state index contributed by atoms with van der Waals surface area (Å²) in [4.78, 5) is 61.1. The molecule has 34 heavy (non-hydrogen) atoms. The van der Waals surface area contributed by atoms with Crippen LogP contribution in [-0.4, -0.2) is 48.6 Å². The molecule has 0 radical (unpaired) electrons. The summed E-state index contributed by atoms with van der Waals surface area (Å²) < 4.78 is 16.4. The molecule has 2 N–H and O–H groups in total. The zero-order valence-corrected chi connectivity index (χ0v) is 19.6. The van der Waals surface area contributed by atoms with Crippen molar-refractivity contribution in [1.29, 1.82) is 0 Å². The van der Waals surface area contributed by atoms with E-state index >= 15 is 0 Å². The van der Waals surface area contributed by atoms with E-state index in [1.165, 1.54) is 11.6 Å². The van der Waals surface area contributed by atoms with E-state index in [1.54, 1.807) is 38.1 Å². The lowest BCUT2D eigenvalue weighted by Gasteiger charge is -2.08. The Morgan fingerprint density at radius 1 is 1.15 bits per heavy atom. The van der Waals surface area contributed by atoms with Crippen molar-refractivity contribution in [3.05, 3.63) is 50.8 Å². The molecule has 2 heterocycles. The zero-order chi connectivity index (χ0) is 24.8. The van der Waals surface area contributed by atoms with Gasteiger partial charge in [0, 0.05) is 13.6 Å². The number of thiophene rings is 1. The topological polar surface area (TPSA) is 146 Å². The van der Waals surface area contributed by atoms with Gasteiger partial charge in [-0.2, -0.15) is 0 Å². The van der Waals surface area contributed by atoms with Gasteiger partial charge in [0.05, 0.1) is 29.0 Å². The summed E-state index contributed by atoms with van der Waals surface area (Å²) in [6, 6.07) is 6.80. The quantitative estimate of drug-likeness (QED) is 0.435. The van der Waals surface area contributed by atoms with Gasteiger partial charge in [-0.05, 0) is 31.5 Å². The molecule has 0 fully saturated rings. The number of fused-ring (bicyclic) bond motifs is 1. The Labute approximate surface area is 197 Å². The number of oxazole rings is 1. The average molecular weight is 490 g/mol. The van der Waals surface area contributed by atoms with Gasteiger partial charge in [0.1, 0.15) is 5.00 Å². The van der Waals surface area contributed by atoms with E-state index in [4.69, 9.17) is 13.9 Å². The van der Waals surface area contributed by atoms with Crippen molar-refractivity contribution in [3.8, 4) is 0 Å². The van der Waals surface area contributed by atoms with Crippen LogP contribution >= 0.6 is 11.3 Å². The van der Waals surface area contributed by atoms with E-state index in [1.807, 2.05) is 0 Å². The Kier molecular flexibility index (Phi) is 7.84. The summed E-state index contributed by atoms with van der Waals surface area (Å²) in [6.07, 6.45) is -0.163. The van der Waals surface area contributed by atoms with Crippen molar-refractivity contribution in [2.24, 2.45) is 0 Å². The number of para-hydroxylation sites is 2. The van der Waals surface area contributed by atoms with Crippen LogP contribution < -0.4 is 16.4 Å². The third-order valence-electron chi connectivity index (χ3n) is 4.79. The number of aryl methyl sites for hydroxylation is 1. The van der Waals surface area contributed by atoms with Crippen LogP contribution in [0.3, 0.4) is 0 Å². The molecule has 0 unspecified atom stereocenters. The van der Waals surface area contributed by atoms with Gasteiger partial charge in [-0.3, -0.25) is 19.0 Å². The molecule has 0 spiro atoms. The number of carbonyl (C=O) groups excluding carboxylic acids is 4. The molecule has 3 aromatic rings. The van der Waals surface area contributed by atoms with Gasteiger partial charge in [0.15, 0.2) is 12.2 Å². The predicted molar refractivity (Wildman–Crippen MR) is 123 cm³/mol. The number of aromatic nitrogens is 1. The monoisotopic (exact) mass is 489 g/mol. The SMILES string of the molecule is CCOC(=O)c1c(NC(=O)COC(=O)CCn2c(=O)oc3ccccc32)sc(C(=O)NC)c1C. The summed E-state index contributed by atoms with van der Waals surface area (Å²) in [7, 11) is 1.45. The summed E-state index contributed by atoms with van der Waals surface area (Å²) in [5.74, 6) is -3.10.